The Morgan fingerprint density at radius 1 is 0.366 bits per heavy atom. The van der Waals surface area contributed by atoms with Crippen LogP contribution in [0.15, 0.2) is 182 Å². The Kier molecular flexibility index (Phi) is 33.9. The van der Waals surface area contributed by atoms with Gasteiger partial charge in [-0.2, -0.15) is 7.82 Å². The first-order valence-electron chi connectivity index (χ1n) is 31.8. The zero-order valence-electron chi connectivity index (χ0n) is 58.4. The zero-order chi connectivity index (χ0) is 75.8. The summed E-state index contributed by atoms with van der Waals surface area (Å²) >= 11 is 0. The molecule has 6 rings (SSSR count). The maximum atomic E-state index is 13.5. The van der Waals surface area contributed by atoms with Crippen LogP contribution in [0.5, 0.6) is 0 Å². The van der Waals surface area contributed by atoms with E-state index >= 15 is 0 Å². The molecule has 29 heteroatoms. The van der Waals surface area contributed by atoms with Crippen LogP contribution in [0.1, 0.15) is 52.6 Å². The molecule has 0 fully saturated rings. The average Bonchev–Trinajstić information content (AvgIpc) is 0.820. The van der Waals surface area contributed by atoms with Crippen molar-refractivity contribution in [1.29, 1.82) is 0 Å². The number of nitrogens with zero attached hydrogens (tertiary/aromatic N) is 3. The second-order valence-corrected chi connectivity index (χ2v) is 28.3. The number of nitrogens with two attached hydrogens (primary N) is 3. The highest BCUT2D eigenvalue weighted by Crippen LogP contribution is 2.24. The first kappa shape index (κ1) is 85.6. The minimum Gasteiger partial charge on any atom is -0.822 e. The molecule has 6 aromatic rings. The number of quaternary nitrogens is 3. The summed E-state index contributed by atoms with van der Waals surface area (Å²) in [5.74, 6) is -5.21. The van der Waals surface area contributed by atoms with Gasteiger partial charge >= 0.3 is 36.2 Å². The Bertz CT molecular complexity index is 3280. The number of phosphoric acid groups is 1. The topological polar surface area (TPSA) is 442 Å². The lowest BCUT2D eigenvalue weighted by Crippen LogP contribution is -2.63. The second-order valence-electron chi connectivity index (χ2n) is 27.4. The number of carboxylic acids is 3. The molecule has 0 spiro atoms. The number of likely N-dealkylation sites (N-methyl/N-ethyl adjacent to an activating group) is 3. The number of carboxylic acid groups (broad SMARTS) is 3. The van der Waals surface area contributed by atoms with Gasteiger partial charge in [-0.25, -0.2) is 14.4 Å². The van der Waals surface area contributed by atoms with E-state index in [0.717, 1.165) is 33.4 Å². The van der Waals surface area contributed by atoms with Gasteiger partial charge in [-0.15, -0.1) is 0 Å². The molecule has 12 N–H and O–H groups in total. The van der Waals surface area contributed by atoms with E-state index in [-0.39, 0.29) is 58.7 Å². The predicted octanol–water partition coefficient (Wildman–Crippen LogP) is 3.09. The van der Waals surface area contributed by atoms with Gasteiger partial charge in [0.25, 0.3) is 0 Å². The van der Waals surface area contributed by atoms with Crippen molar-refractivity contribution in [3.05, 3.63) is 215 Å². The molecule has 0 aliphatic carbocycles. The fraction of sp³-hybridized carbons (Fsp3) is 0.375. The number of ketones is 3. The second kappa shape index (κ2) is 40.0. The normalized spacial score (nSPS) is 14.0. The summed E-state index contributed by atoms with van der Waals surface area (Å²) in [6.07, 6.45) is -3.87. The van der Waals surface area contributed by atoms with Crippen molar-refractivity contribution in [3.63, 3.8) is 0 Å². The number of Topliss-reactive ketones (excluding diaryl/α,β-unsaturated/α-hetero) is 3. The predicted molar refractivity (Wildman–Crippen MR) is 370 cm³/mol. The van der Waals surface area contributed by atoms with E-state index in [1.807, 2.05) is 173 Å². The maximum Gasteiger partial charge on any atom is 0.408 e. The lowest BCUT2D eigenvalue weighted by molar-refractivity contribution is -0.870. The van der Waals surface area contributed by atoms with Crippen LogP contribution in [0.2, 0.25) is 0 Å². The highest BCUT2D eigenvalue weighted by atomic mass is 31.2. The highest BCUT2D eigenvalue weighted by molar-refractivity contribution is 7.40. The molecular weight excluding hydrogens is 1330 g/mol. The van der Waals surface area contributed by atoms with E-state index in [1.165, 1.54) is 0 Å². The molecule has 0 aliphatic heterocycles. The standard InChI is InChI=1S/3C24H31N3O5.H3O4P/c3*1-27(2,3)16-20(26-23(31)32-17-19-12-8-5-9-13-19)22(30)24(25,15-21(28)29)14-18-10-6-4-7-11-18;1-5(2,3)4/h3*4-13,20H,14-17,25H2,1-3H3,(H-,26,28,29,31);(H3,1,2,3,4)/t3*20?,24-;/m000./s1. The lowest BCUT2D eigenvalue weighted by atomic mass is 9.81. The number of carbonyl (C=O) groups is 9. The summed E-state index contributed by atoms with van der Waals surface area (Å²) in [4.78, 5) is 138. The zero-order valence-corrected chi connectivity index (χ0v) is 59.3. The third-order valence-corrected chi connectivity index (χ3v) is 14.6. The van der Waals surface area contributed by atoms with E-state index in [9.17, 15) is 58.5 Å². The van der Waals surface area contributed by atoms with Crippen molar-refractivity contribution < 1.29 is 105 Å². The average molecular weight is 1420 g/mol. The molecule has 0 saturated carbocycles. The van der Waals surface area contributed by atoms with Gasteiger partial charge in [0.15, 0.2) is 17.3 Å². The largest absolute Gasteiger partial charge is 0.822 e. The summed E-state index contributed by atoms with van der Waals surface area (Å²) in [5.41, 5.74) is 18.8. The SMILES string of the molecule is C[N+](C)(C)CC(NC(=O)OCc1ccccc1)C(=O)[C@@](N)(CC(=O)O)Cc1ccccc1.C[N+](C)(C)CC(NC(=O)OCc1ccccc1)C(=O)[C@@](N)(CC(=O)O)Cc1ccccc1.C[N+](C)(C)CC(NC(=O)OCc1ccccc1)C(=O)[C@@](N)(CC(=O)O)Cc1ccccc1.O=P([O-])([O-])[O-]. The molecule has 0 heterocycles. The van der Waals surface area contributed by atoms with Crippen LogP contribution in [0.3, 0.4) is 0 Å². The summed E-state index contributed by atoms with van der Waals surface area (Å²) in [6, 6.07) is 51.4. The lowest BCUT2D eigenvalue weighted by Gasteiger charge is -2.36. The summed E-state index contributed by atoms with van der Waals surface area (Å²) in [6.45, 7) is 0.784. The number of alkyl carbamates (subject to hydrolysis) is 3. The number of ether oxygens (including phenoxy) is 3. The Morgan fingerprint density at radius 3 is 0.693 bits per heavy atom. The minimum atomic E-state index is -5.39. The van der Waals surface area contributed by atoms with Gasteiger partial charge in [-0.1, -0.05) is 182 Å². The van der Waals surface area contributed by atoms with E-state index in [1.54, 1.807) is 72.8 Å². The Morgan fingerprint density at radius 2 is 0.535 bits per heavy atom. The van der Waals surface area contributed by atoms with E-state index in [4.69, 9.17) is 50.7 Å². The number of amides is 3. The van der Waals surface area contributed by atoms with Crippen molar-refractivity contribution in [1.82, 2.24) is 16.0 Å². The van der Waals surface area contributed by atoms with Crippen molar-refractivity contribution >= 4 is 61.4 Å². The number of aliphatic carboxylic acids is 3. The molecule has 6 aromatic carbocycles. The first-order chi connectivity index (χ1) is 46.9. The van der Waals surface area contributed by atoms with Gasteiger partial charge in [0.2, 0.25) is 0 Å². The van der Waals surface area contributed by atoms with Crippen LogP contribution in [0, 0.1) is 0 Å². The monoisotopic (exact) mass is 1420 g/mol. The van der Waals surface area contributed by atoms with Gasteiger partial charge < -0.3 is 95.4 Å². The van der Waals surface area contributed by atoms with E-state index in [0.29, 0.717) is 13.4 Å². The molecule has 101 heavy (non-hydrogen) atoms. The Balaban J connectivity index is 0.000000380. The molecule has 0 bridgehead atoms. The van der Waals surface area contributed by atoms with Gasteiger partial charge in [-0.3, -0.25) is 28.8 Å². The molecule has 0 aromatic heterocycles. The van der Waals surface area contributed by atoms with E-state index < -0.39 is 115 Å². The third kappa shape index (κ3) is 35.9. The molecule has 0 saturated heterocycles. The number of rotatable bonds is 33. The number of benzene rings is 6. The summed E-state index contributed by atoms with van der Waals surface area (Å²) < 4.78 is 25.4. The van der Waals surface area contributed by atoms with Crippen LogP contribution in [-0.2, 0) is 86.6 Å². The van der Waals surface area contributed by atoms with Gasteiger partial charge in [-0.05, 0) is 52.6 Å². The molecule has 3 amide bonds. The van der Waals surface area contributed by atoms with Crippen LogP contribution in [-0.4, -0.2) is 200 Å². The van der Waals surface area contributed by atoms with E-state index in [2.05, 4.69) is 16.0 Å². The summed E-state index contributed by atoms with van der Waals surface area (Å²) in [7, 11) is 11.4. The Labute approximate surface area is 589 Å². The van der Waals surface area contributed by atoms with Crippen LogP contribution >= 0.6 is 7.82 Å². The smallest absolute Gasteiger partial charge is 0.408 e. The van der Waals surface area contributed by atoms with Crippen molar-refractivity contribution in [3.8, 4) is 0 Å². The number of hydrogen-bond donors (Lipinski definition) is 9. The molecule has 3 unspecified atom stereocenters. The number of nitrogens with one attached hydrogen (secondary N) is 3. The van der Waals surface area contributed by atoms with Gasteiger partial charge in [0, 0.05) is 0 Å². The minimum absolute atomic E-state index is 0.0351. The molecule has 6 atom stereocenters. The third-order valence-electron chi connectivity index (χ3n) is 14.6. The van der Waals surface area contributed by atoms with Gasteiger partial charge in [0.05, 0.1) is 99.3 Å². The van der Waals surface area contributed by atoms with Crippen molar-refractivity contribution in [2.75, 3.05) is 83.1 Å². The van der Waals surface area contributed by atoms with Crippen LogP contribution < -0.4 is 47.8 Å². The molecule has 28 nitrogen and oxygen atoms in total. The molecule has 548 valence electrons. The number of hydrogen-bond acceptors (Lipinski definition) is 19. The first-order valence-corrected chi connectivity index (χ1v) is 33.2. The quantitative estimate of drug-likeness (QED) is 0.0162. The molecule has 0 radical (unpaired) electrons. The van der Waals surface area contributed by atoms with Crippen LogP contribution in [0.25, 0.3) is 0 Å². The summed E-state index contributed by atoms with van der Waals surface area (Å²) in [5, 5.41) is 36.1. The Hall–Kier alpha value is -9.58. The fourth-order valence-electron chi connectivity index (χ4n) is 10.4. The van der Waals surface area contributed by atoms with Gasteiger partial charge in [0.1, 0.15) is 57.6 Å². The number of carbonyl (C=O) groups excluding carboxylic acids is 6. The molecule has 0 aliphatic rings. The highest BCUT2D eigenvalue weighted by Gasteiger charge is 2.46. The van der Waals surface area contributed by atoms with Crippen molar-refractivity contribution in [2.24, 2.45) is 17.2 Å². The van der Waals surface area contributed by atoms with Crippen LogP contribution in [0.4, 0.5) is 14.4 Å². The van der Waals surface area contributed by atoms with Crippen molar-refractivity contribution in [2.45, 2.75) is 93.1 Å². The fourth-order valence-corrected chi connectivity index (χ4v) is 10.4. The maximum absolute atomic E-state index is 13.5. The molecular formula is C72H96N9O19P.